The first kappa shape index (κ1) is 12.0. The normalized spacial score (nSPS) is 19.3. The van der Waals surface area contributed by atoms with Gasteiger partial charge in [0, 0.05) is 0 Å². The lowest BCUT2D eigenvalue weighted by atomic mass is 9.71. The minimum atomic E-state index is -1.22. The highest BCUT2D eigenvalue weighted by Gasteiger charge is 2.48. The number of hydrogen-bond donors (Lipinski definition) is 2. The minimum Gasteiger partial charge on any atom is -0.481 e. The van der Waals surface area contributed by atoms with Gasteiger partial charge in [-0.2, -0.15) is 0 Å². The summed E-state index contributed by atoms with van der Waals surface area (Å²) in [7, 11) is 0. The Labute approximate surface area is 89.3 Å². The van der Waals surface area contributed by atoms with E-state index in [9.17, 15) is 9.59 Å². The van der Waals surface area contributed by atoms with Gasteiger partial charge in [0.1, 0.15) is 0 Å². The van der Waals surface area contributed by atoms with Gasteiger partial charge in [-0.1, -0.05) is 26.2 Å². The van der Waals surface area contributed by atoms with Gasteiger partial charge in [0.05, 0.1) is 0 Å². The maximum atomic E-state index is 11.0. The third-order valence-electron chi connectivity index (χ3n) is 3.45. The van der Waals surface area contributed by atoms with Crippen molar-refractivity contribution >= 4 is 11.9 Å². The smallest absolute Gasteiger partial charge is 0.318 e. The van der Waals surface area contributed by atoms with Crippen LogP contribution in [0.2, 0.25) is 0 Å². The second kappa shape index (κ2) is 4.64. The lowest BCUT2D eigenvalue weighted by Crippen LogP contribution is -2.39. The molecular formula is C11H18O4. The molecule has 0 aliphatic heterocycles. The molecule has 0 aromatic carbocycles. The molecule has 0 spiro atoms. The fourth-order valence-electron chi connectivity index (χ4n) is 2.89. The monoisotopic (exact) mass is 214 g/mol. The van der Waals surface area contributed by atoms with E-state index in [1.54, 1.807) is 0 Å². The van der Waals surface area contributed by atoms with Crippen molar-refractivity contribution in [3.8, 4) is 0 Å². The largest absolute Gasteiger partial charge is 0.481 e. The highest BCUT2D eigenvalue weighted by molar-refractivity contribution is 5.94. The Morgan fingerprint density at radius 3 is 2.00 bits per heavy atom. The topological polar surface area (TPSA) is 74.6 Å². The SMILES string of the molecule is CCCC1(C(C(=O)O)C(=O)O)CCCC1. The molecule has 0 unspecified atom stereocenters. The number of hydrogen-bond acceptors (Lipinski definition) is 2. The van der Waals surface area contributed by atoms with E-state index in [1.807, 2.05) is 6.92 Å². The molecule has 1 aliphatic rings. The van der Waals surface area contributed by atoms with Gasteiger partial charge in [-0.15, -0.1) is 0 Å². The number of aliphatic carboxylic acids is 2. The van der Waals surface area contributed by atoms with Crippen LogP contribution in [-0.2, 0) is 9.59 Å². The average molecular weight is 214 g/mol. The first-order valence-corrected chi connectivity index (χ1v) is 5.49. The predicted octanol–water partition coefficient (Wildman–Crippen LogP) is 2.13. The summed E-state index contributed by atoms with van der Waals surface area (Å²) in [6.45, 7) is 1.97. The van der Waals surface area contributed by atoms with Gasteiger partial charge < -0.3 is 10.2 Å². The zero-order valence-corrected chi connectivity index (χ0v) is 9.03. The summed E-state index contributed by atoms with van der Waals surface area (Å²) in [5, 5.41) is 18.0. The molecule has 0 radical (unpaired) electrons. The van der Waals surface area contributed by atoms with Gasteiger partial charge >= 0.3 is 11.9 Å². The molecule has 1 saturated carbocycles. The summed E-state index contributed by atoms with van der Waals surface area (Å²) in [6, 6.07) is 0. The van der Waals surface area contributed by atoms with Crippen LogP contribution in [0, 0.1) is 11.3 Å². The van der Waals surface area contributed by atoms with E-state index in [1.165, 1.54) is 0 Å². The van der Waals surface area contributed by atoms with Crippen molar-refractivity contribution in [2.45, 2.75) is 45.4 Å². The van der Waals surface area contributed by atoms with Crippen LogP contribution in [0.3, 0.4) is 0 Å². The number of carboxylic acids is 2. The minimum absolute atomic E-state index is 0.494. The number of carbonyl (C=O) groups is 2. The Morgan fingerprint density at radius 1 is 1.20 bits per heavy atom. The molecule has 0 aromatic heterocycles. The van der Waals surface area contributed by atoms with Crippen LogP contribution in [0.25, 0.3) is 0 Å². The molecule has 0 saturated heterocycles. The van der Waals surface area contributed by atoms with E-state index < -0.39 is 23.3 Å². The highest BCUT2D eigenvalue weighted by Crippen LogP contribution is 2.48. The zero-order valence-electron chi connectivity index (χ0n) is 9.03. The molecular weight excluding hydrogens is 196 g/mol. The first-order chi connectivity index (χ1) is 7.03. The Bertz CT molecular complexity index is 239. The fraction of sp³-hybridized carbons (Fsp3) is 0.818. The molecule has 15 heavy (non-hydrogen) atoms. The van der Waals surface area contributed by atoms with Crippen molar-refractivity contribution in [2.24, 2.45) is 11.3 Å². The standard InChI is InChI=1S/C11H18O4/c1-2-5-11(6-3-4-7-11)8(9(12)13)10(14)15/h8H,2-7H2,1H3,(H,12,13)(H,14,15). The first-order valence-electron chi connectivity index (χ1n) is 5.49. The average Bonchev–Trinajstić information content (AvgIpc) is 2.52. The molecule has 86 valence electrons. The Hall–Kier alpha value is -1.06. The Morgan fingerprint density at radius 2 is 1.67 bits per heavy atom. The number of rotatable bonds is 5. The van der Waals surface area contributed by atoms with Crippen molar-refractivity contribution in [3.05, 3.63) is 0 Å². The molecule has 0 bridgehead atoms. The quantitative estimate of drug-likeness (QED) is 0.687. The van der Waals surface area contributed by atoms with Crippen molar-refractivity contribution in [1.29, 1.82) is 0 Å². The lowest BCUT2D eigenvalue weighted by Gasteiger charge is -2.32. The summed E-state index contributed by atoms with van der Waals surface area (Å²) in [5.41, 5.74) is -0.494. The van der Waals surface area contributed by atoms with E-state index in [0.29, 0.717) is 6.42 Å². The molecule has 4 heteroatoms. The zero-order chi connectivity index (χ0) is 11.5. The fourth-order valence-corrected chi connectivity index (χ4v) is 2.89. The maximum Gasteiger partial charge on any atom is 0.318 e. The molecule has 0 atom stereocenters. The van der Waals surface area contributed by atoms with Crippen LogP contribution in [0.4, 0.5) is 0 Å². The lowest BCUT2D eigenvalue weighted by molar-refractivity contribution is -0.161. The van der Waals surface area contributed by atoms with Crippen LogP contribution >= 0.6 is 0 Å². The van der Waals surface area contributed by atoms with Crippen LogP contribution in [0.1, 0.15) is 45.4 Å². The summed E-state index contributed by atoms with van der Waals surface area (Å²) in [4.78, 5) is 22.1. The Kier molecular flexibility index (Phi) is 3.72. The van der Waals surface area contributed by atoms with Crippen molar-refractivity contribution in [1.82, 2.24) is 0 Å². The van der Waals surface area contributed by atoms with Gasteiger partial charge in [-0.05, 0) is 24.7 Å². The van der Waals surface area contributed by atoms with Crippen LogP contribution in [-0.4, -0.2) is 22.2 Å². The van der Waals surface area contributed by atoms with Crippen LogP contribution in [0.5, 0.6) is 0 Å². The van der Waals surface area contributed by atoms with Gasteiger partial charge in [-0.3, -0.25) is 9.59 Å². The predicted molar refractivity (Wildman–Crippen MR) is 54.6 cm³/mol. The van der Waals surface area contributed by atoms with Crippen LogP contribution < -0.4 is 0 Å². The third-order valence-corrected chi connectivity index (χ3v) is 3.45. The maximum absolute atomic E-state index is 11.0. The van der Waals surface area contributed by atoms with Crippen molar-refractivity contribution in [3.63, 3.8) is 0 Å². The Balaban J connectivity index is 2.94. The summed E-state index contributed by atoms with van der Waals surface area (Å²) in [5.74, 6) is -3.59. The van der Waals surface area contributed by atoms with E-state index in [-0.39, 0.29) is 0 Å². The molecule has 4 nitrogen and oxygen atoms in total. The van der Waals surface area contributed by atoms with Crippen LogP contribution in [0.15, 0.2) is 0 Å². The van der Waals surface area contributed by atoms with Crippen molar-refractivity contribution < 1.29 is 19.8 Å². The second-order valence-electron chi connectivity index (χ2n) is 4.43. The summed E-state index contributed by atoms with van der Waals surface area (Å²) in [6.07, 6.45) is 4.94. The highest BCUT2D eigenvalue weighted by atomic mass is 16.4. The molecule has 0 heterocycles. The summed E-state index contributed by atoms with van der Waals surface area (Å²) < 4.78 is 0. The molecule has 1 rings (SSSR count). The van der Waals surface area contributed by atoms with Gasteiger partial charge in [0.15, 0.2) is 5.92 Å². The number of carboxylic acid groups (broad SMARTS) is 2. The molecule has 1 fully saturated rings. The van der Waals surface area contributed by atoms with E-state index in [0.717, 1.165) is 32.1 Å². The second-order valence-corrected chi connectivity index (χ2v) is 4.43. The van der Waals surface area contributed by atoms with Gasteiger partial charge in [-0.25, -0.2) is 0 Å². The molecule has 2 N–H and O–H groups in total. The van der Waals surface area contributed by atoms with Crippen molar-refractivity contribution in [2.75, 3.05) is 0 Å². The molecule has 0 amide bonds. The third kappa shape index (κ3) is 2.30. The van der Waals surface area contributed by atoms with E-state index in [2.05, 4.69) is 0 Å². The van der Waals surface area contributed by atoms with E-state index in [4.69, 9.17) is 10.2 Å². The molecule has 0 aromatic rings. The summed E-state index contributed by atoms with van der Waals surface area (Å²) >= 11 is 0. The van der Waals surface area contributed by atoms with Gasteiger partial charge in [0.25, 0.3) is 0 Å². The van der Waals surface area contributed by atoms with E-state index >= 15 is 0 Å². The van der Waals surface area contributed by atoms with Gasteiger partial charge in [0.2, 0.25) is 0 Å². The molecule has 1 aliphatic carbocycles.